The molecule has 28 heavy (non-hydrogen) atoms. The van der Waals surface area contributed by atoms with Crippen LogP contribution in [0.4, 0.5) is 5.69 Å². The molecule has 0 radical (unpaired) electrons. The van der Waals surface area contributed by atoms with Crippen molar-refractivity contribution >= 4 is 23.5 Å². The van der Waals surface area contributed by atoms with E-state index in [9.17, 15) is 14.4 Å². The lowest BCUT2D eigenvalue weighted by Gasteiger charge is -2.27. The van der Waals surface area contributed by atoms with Crippen LogP contribution in [0.1, 0.15) is 20.7 Å². The SMILES string of the molecule is O=C(O)COc1cccc(C(=O)Nc2cccc(C(=O)N3CCOCC3)c2)c1. The Bertz CT molecular complexity index is 877. The maximum Gasteiger partial charge on any atom is 0.341 e. The van der Waals surface area contributed by atoms with Crippen LogP contribution >= 0.6 is 0 Å². The van der Waals surface area contributed by atoms with Crippen LogP contribution in [0.15, 0.2) is 48.5 Å². The van der Waals surface area contributed by atoms with Crippen molar-refractivity contribution in [3.8, 4) is 5.75 Å². The number of hydrogen-bond acceptors (Lipinski definition) is 5. The molecular weight excluding hydrogens is 364 g/mol. The summed E-state index contributed by atoms with van der Waals surface area (Å²) in [5.74, 6) is -1.32. The predicted octanol–water partition coefficient (Wildman–Crippen LogP) is 1.87. The van der Waals surface area contributed by atoms with Crippen molar-refractivity contribution < 1.29 is 29.0 Å². The van der Waals surface area contributed by atoms with E-state index in [0.29, 0.717) is 43.1 Å². The number of rotatable bonds is 6. The van der Waals surface area contributed by atoms with Crippen molar-refractivity contribution in [2.24, 2.45) is 0 Å². The van der Waals surface area contributed by atoms with Gasteiger partial charge in [0, 0.05) is 29.9 Å². The Morgan fingerprint density at radius 2 is 1.75 bits per heavy atom. The van der Waals surface area contributed by atoms with Gasteiger partial charge >= 0.3 is 5.97 Å². The molecule has 0 spiro atoms. The van der Waals surface area contributed by atoms with Gasteiger partial charge in [-0.1, -0.05) is 12.1 Å². The average Bonchev–Trinajstić information content (AvgIpc) is 2.72. The molecule has 0 aliphatic carbocycles. The highest BCUT2D eigenvalue weighted by Gasteiger charge is 2.19. The molecule has 1 aliphatic rings. The first-order valence-electron chi connectivity index (χ1n) is 8.76. The van der Waals surface area contributed by atoms with E-state index in [1.807, 2.05) is 0 Å². The molecule has 0 atom stereocenters. The van der Waals surface area contributed by atoms with Crippen molar-refractivity contribution in [2.45, 2.75) is 0 Å². The highest BCUT2D eigenvalue weighted by Crippen LogP contribution is 2.17. The molecule has 0 bridgehead atoms. The zero-order chi connectivity index (χ0) is 19.9. The van der Waals surface area contributed by atoms with E-state index >= 15 is 0 Å². The van der Waals surface area contributed by atoms with Crippen molar-refractivity contribution in [3.05, 3.63) is 59.7 Å². The molecule has 1 aliphatic heterocycles. The molecule has 146 valence electrons. The largest absolute Gasteiger partial charge is 0.482 e. The summed E-state index contributed by atoms with van der Waals surface area (Å²) in [5, 5.41) is 11.4. The number of carboxylic acids is 1. The summed E-state index contributed by atoms with van der Waals surface area (Å²) in [6.07, 6.45) is 0. The van der Waals surface area contributed by atoms with Crippen LogP contribution in [0.2, 0.25) is 0 Å². The average molecular weight is 384 g/mol. The van der Waals surface area contributed by atoms with E-state index in [1.54, 1.807) is 47.4 Å². The van der Waals surface area contributed by atoms with Gasteiger partial charge in [0.25, 0.3) is 11.8 Å². The summed E-state index contributed by atoms with van der Waals surface area (Å²) in [4.78, 5) is 37.4. The quantitative estimate of drug-likeness (QED) is 0.788. The van der Waals surface area contributed by atoms with Gasteiger partial charge in [-0.15, -0.1) is 0 Å². The van der Waals surface area contributed by atoms with Crippen molar-refractivity contribution in [1.82, 2.24) is 4.90 Å². The molecule has 0 aromatic heterocycles. The summed E-state index contributed by atoms with van der Waals surface area (Å²) in [6, 6.07) is 12.9. The van der Waals surface area contributed by atoms with Crippen LogP contribution in [-0.2, 0) is 9.53 Å². The van der Waals surface area contributed by atoms with Crippen LogP contribution in [0, 0.1) is 0 Å². The standard InChI is InChI=1S/C20H20N2O6/c23-18(24)13-28-17-6-2-3-14(12-17)19(25)21-16-5-1-4-15(11-16)20(26)22-7-9-27-10-8-22/h1-6,11-12H,7-10,13H2,(H,21,25)(H,23,24). The van der Waals surface area contributed by atoms with Gasteiger partial charge in [-0.25, -0.2) is 4.79 Å². The van der Waals surface area contributed by atoms with Crippen LogP contribution < -0.4 is 10.1 Å². The minimum Gasteiger partial charge on any atom is -0.482 e. The van der Waals surface area contributed by atoms with E-state index in [1.165, 1.54) is 6.07 Å². The van der Waals surface area contributed by atoms with E-state index in [2.05, 4.69) is 5.32 Å². The molecule has 8 heteroatoms. The minimum absolute atomic E-state index is 0.108. The van der Waals surface area contributed by atoms with Crippen LogP contribution in [-0.4, -0.2) is 60.7 Å². The third-order valence-corrected chi connectivity index (χ3v) is 4.12. The predicted molar refractivity (Wildman–Crippen MR) is 101 cm³/mol. The molecule has 2 aromatic rings. The molecule has 2 aromatic carbocycles. The number of ether oxygens (including phenoxy) is 2. The fourth-order valence-corrected chi connectivity index (χ4v) is 2.75. The topological polar surface area (TPSA) is 105 Å². The minimum atomic E-state index is -1.10. The van der Waals surface area contributed by atoms with Gasteiger partial charge in [-0.3, -0.25) is 9.59 Å². The second-order valence-corrected chi connectivity index (χ2v) is 6.15. The van der Waals surface area contributed by atoms with Gasteiger partial charge in [-0.2, -0.15) is 0 Å². The third kappa shape index (κ3) is 5.08. The first-order chi connectivity index (χ1) is 13.5. The maximum absolute atomic E-state index is 12.6. The summed E-state index contributed by atoms with van der Waals surface area (Å²) in [7, 11) is 0. The van der Waals surface area contributed by atoms with Crippen molar-refractivity contribution in [3.63, 3.8) is 0 Å². The highest BCUT2D eigenvalue weighted by atomic mass is 16.5. The molecule has 8 nitrogen and oxygen atoms in total. The van der Waals surface area contributed by atoms with Crippen molar-refractivity contribution in [2.75, 3.05) is 38.2 Å². The van der Waals surface area contributed by atoms with Gasteiger partial charge in [0.15, 0.2) is 6.61 Å². The normalized spacial score (nSPS) is 13.6. The summed E-state index contributed by atoms with van der Waals surface area (Å²) in [6.45, 7) is 1.62. The number of amides is 2. The Morgan fingerprint density at radius 3 is 2.50 bits per heavy atom. The number of carbonyl (C=O) groups is 3. The zero-order valence-corrected chi connectivity index (χ0v) is 15.1. The molecule has 3 rings (SSSR count). The lowest BCUT2D eigenvalue weighted by atomic mass is 10.1. The van der Waals surface area contributed by atoms with Gasteiger partial charge in [-0.05, 0) is 36.4 Å². The van der Waals surface area contributed by atoms with Gasteiger partial charge < -0.3 is 24.8 Å². The van der Waals surface area contributed by atoms with Crippen LogP contribution in [0.25, 0.3) is 0 Å². The van der Waals surface area contributed by atoms with Crippen LogP contribution in [0.3, 0.4) is 0 Å². The number of nitrogens with one attached hydrogen (secondary N) is 1. The number of nitrogens with zero attached hydrogens (tertiary/aromatic N) is 1. The highest BCUT2D eigenvalue weighted by molar-refractivity contribution is 6.05. The second-order valence-electron chi connectivity index (χ2n) is 6.15. The van der Waals surface area contributed by atoms with E-state index in [0.717, 1.165) is 0 Å². The summed E-state index contributed by atoms with van der Waals surface area (Å²) in [5.41, 5.74) is 1.28. The van der Waals surface area contributed by atoms with Gasteiger partial charge in [0.1, 0.15) is 5.75 Å². The number of carbonyl (C=O) groups excluding carboxylic acids is 2. The Labute approximate surface area is 161 Å². The van der Waals surface area contributed by atoms with Gasteiger partial charge in [0.05, 0.1) is 13.2 Å². The summed E-state index contributed by atoms with van der Waals surface area (Å²) >= 11 is 0. The molecule has 2 amide bonds. The first kappa shape index (κ1) is 19.4. The van der Waals surface area contributed by atoms with E-state index < -0.39 is 18.5 Å². The summed E-state index contributed by atoms with van der Waals surface area (Å²) < 4.78 is 10.3. The fourth-order valence-electron chi connectivity index (χ4n) is 2.75. The molecule has 1 heterocycles. The lowest BCUT2D eigenvalue weighted by Crippen LogP contribution is -2.40. The molecule has 0 unspecified atom stereocenters. The maximum atomic E-state index is 12.6. The fraction of sp³-hybridized carbons (Fsp3) is 0.250. The molecule has 0 saturated carbocycles. The first-order valence-corrected chi connectivity index (χ1v) is 8.76. The Balaban J connectivity index is 1.68. The smallest absolute Gasteiger partial charge is 0.341 e. The number of carboxylic acid groups (broad SMARTS) is 1. The number of anilines is 1. The molecule has 1 fully saturated rings. The van der Waals surface area contributed by atoms with E-state index in [-0.39, 0.29) is 11.7 Å². The Hall–Kier alpha value is -3.39. The van der Waals surface area contributed by atoms with E-state index in [4.69, 9.17) is 14.6 Å². The van der Waals surface area contributed by atoms with Crippen molar-refractivity contribution in [1.29, 1.82) is 0 Å². The second kappa shape index (κ2) is 9.01. The molecule has 2 N–H and O–H groups in total. The lowest BCUT2D eigenvalue weighted by molar-refractivity contribution is -0.139. The Morgan fingerprint density at radius 1 is 1.04 bits per heavy atom. The zero-order valence-electron chi connectivity index (χ0n) is 15.1. The number of benzene rings is 2. The Kier molecular flexibility index (Phi) is 6.23. The third-order valence-electron chi connectivity index (χ3n) is 4.12. The molecular formula is C20H20N2O6. The molecule has 1 saturated heterocycles. The number of aliphatic carboxylic acids is 1. The number of hydrogen-bond donors (Lipinski definition) is 2. The van der Waals surface area contributed by atoms with Gasteiger partial charge in [0.2, 0.25) is 0 Å². The van der Waals surface area contributed by atoms with Crippen LogP contribution in [0.5, 0.6) is 5.75 Å². The monoisotopic (exact) mass is 384 g/mol. The number of morpholine rings is 1.